The number of aryl methyl sites for hydroxylation is 1. The van der Waals surface area contributed by atoms with Crippen LogP contribution in [0, 0.1) is 18.6 Å². The van der Waals surface area contributed by atoms with Gasteiger partial charge in [0.2, 0.25) is 0 Å². The number of nitrogens with one attached hydrogen (secondary N) is 2. The van der Waals surface area contributed by atoms with Crippen molar-refractivity contribution in [1.82, 2.24) is 5.16 Å². The van der Waals surface area contributed by atoms with Gasteiger partial charge >= 0.3 is 6.03 Å². The second-order valence-electron chi connectivity index (χ2n) is 3.53. The molecular formula is C11H9F2N3O2. The number of urea groups is 1. The van der Waals surface area contributed by atoms with Crippen molar-refractivity contribution < 1.29 is 18.1 Å². The van der Waals surface area contributed by atoms with Crippen molar-refractivity contribution in [1.29, 1.82) is 0 Å². The summed E-state index contributed by atoms with van der Waals surface area (Å²) in [4.78, 5) is 11.5. The van der Waals surface area contributed by atoms with Gasteiger partial charge in [-0.3, -0.25) is 5.32 Å². The molecule has 0 fully saturated rings. The third kappa shape index (κ3) is 2.82. The number of hydrogen-bond acceptors (Lipinski definition) is 3. The maximum absolute atomic E-state index is 12.9. The van der Waals surface area contributed by atoms with Crippen LogP contribution >= 0.6 is 0 Å². The predicted molar refractivity (Wildman–Crippen MR) is 60.2 cm³/mol. The molecule has 0 saturated carbocycles. The Balaban J connectivity index is 2.00. The number of nitrogens with zero attached hydrogens (tertiary/aromatic N) is 1. The fourth-order valence-corrected chi connectivity index (χ4v) is 1.28. The van der Waals surface area contributed by atoms with Gasteiger partial charge < -0.3 is 9.84 Å². The highest BCUT2D eigenvalue weighted by atomic mass is 19.2. The summed E-state index contributed by atoms with van der Waals surface area (Å²) in [6.45, 7) is 1.67. The maximum atomic E-state index is 12.9. The number of hydrogen-bond donors (Lipinski definition) is 2. The van der Waals surface area contributed by atoms with Crippen molar-refractivity contribution in [3.63, 3.8) is 0 Å². The number of rotatable bonds is 2. The smallest absolute Gasteiger partial charge is 0.324 e. The molecule has 5 nitrogen and oxygen atoms in total. The summed E-state index contributed by atoms with van der Waals surface area (Å²) >= 11 is 0. The van der Waals surface area contributed by atoms with Gasteiger partial charge in [-0.2, -0.15) is 0 Å². The zero-order valence-electron chi connectivity index (χ0n) is 9.33. The Morgan fingerprint density at radius 1 is 1.22 bits per heavy atom. The van der Waals surface area contributed by atoms with Crippen molar-refractivity contribution in [2.75, 3.05) is 10.6 Å². The van der Waals surface area contributed by atoms with E-state index in [4.69, 9.17) is 4.52 Å². The molecule has 2 N–H and O–H groups in total. The summed E-state index contributed by atoms with van der Waals surface area (Å²) < 4.78 is 30.3. The van der Waals surface area contributed by atoms with Gasteiger partial charge in [0.15, 0.2) is 17.5 Å². The maximum Gasteiger partial charge on any atom is 0.324 e. The van der Waals surface area contributed by atoms with Crippen LogP contribution in [0.2, 0.25) is 0 Å². The SMILES string of the molecule is Cc1cc(NC(=O)Nc2ccc(F)c(F)c2)no1. The lowest BCUT2D eigenvalue weighted by atomic mass is 10.3. The highest BCUT2D eigenvalue weighted by molar-refractivity contribution is 5.99. The van der Waals surface area contributed by atoms with Crippen LogP contribution in [-0.2, 0) is 0 Å². The van der Waals surface area contributed by atoms with Crippen molar-refractivity contribution in [2.24, 2.45) is 0 Å². The van der Waals surface area contributed by atoms with Gasteiger partial charge in [-0.05, 0) is 19.1 Å². The van der Waals surface area contributed by atoms with Crippen LogP contribution in [0.4, 0.5) is 25.1 Å². The molecule has 1 aromatic heterocycles. The molecule has 0 radical (unpaired) electrons. The summed E-state index contributed by atoms with van der Waals surface area (Å²) in [5, 5.41) is 8.25. The van der Waals surface area contributed by atoms with Crippen LogP contribution in [0.25, 0.3) is 0 Å². The van der Waals surface area contributed by atoms with Crippen molar-refractivity contribution in [3.05, 3.63) is 41.7 Å². The first-order valence-electron chi connectivity index (χ1n) is 5.01. The van der Waals surface area contributed by atoms with Crippen LogP contribution in [0.1, 0.15) is 5.76 Å². The molecule has 94 valence electrons. The van der Waals surface area contributed by atoms with Gasteiger partial charge in [-0.25, -0.2) is 13.6 Å². The number of amides is 2. The highest BCUT2D eigenvalue weighted by Gasteiger charge is 2.08. The topological polar surface area (TPSA) is 67.2 Å². The van der Waals surface area contributed by atoms with Crippen LogP contribution in [0.5, 0.6) is 0 Å². The monoisotopic (exact) mass is 253 g/mol. The van der Waals surface area contributed by atoms with E-state index < -0.39 is 17.7 Å². The number of halogens is 2. The zero-order chi connectivity index (χ0) is 13.1. The molecule has 0 aliphatic heterocycles. The third-order valence-corrected chi connectivity index (χ3v) is 2.05. The molecule has 0 atom stereocenters. The largest absolute Gasteiger partial charge is 0.360 e. The first-order chi connectivity index (χ1) is 8.54. The van der Waals surface area contributed by atoms with E-state index in [-0.39, 0.29) is 11.5 Å². The highest BCUT2D eigenvalue weighted by Crippen LogP contribution is 2.14. The van der Waals surface area contributed by atoms with Crippen LogP contribution in [0.15, 0.2) is 28.8 Å². The van der Waals surface area contributed by atoms with E-state index in [0.717, 1.165) is 12.1 Å². The van der Waals surface area contributed by atoms with Crippen LogP contribution in [-0.4, -0.2) is 11.2 Å². The Morgan fingerprint density at radius 3 is 2.61 bits per heavy atom. The minimum atomic E-state index is -1.04. The van der Waals surface area contributed by atoms with E-state index in [2.05, 4.69) is 15.8 Å². The molecule has 0 spiro atoms. The molecule has 0 aliphatic rings. The van der Waals surface area contributed by atoms with Gasteiger partial charge in [0.25, 0.3) is 0 Å². The van der Waals surface area contributed by atoms with Gasteiger partial charge in [-0.15, -0.1) is 0 Å². The number of carbonyl (C=O) groups is 1. The Hall–Kier alpha value is -2.44. The van der Waals surface area contributed by atoms with Crippen molar-refractivity contribution >= 4 is 17.5 Å². The van der Waals surface area contributed by atoms with Gasteiger partial charge in [-0.1, -0.05) is 5.16 Å². The normalized spacial score (nSPS) is 10.2. The van der Waals surface area contributed by atoms with E-state index in [1.807, 2.05) is 0 Å². The summed E-state index contributed by atoms with van der Waals surface area (Å²) in [5.41, 5.74) is 0.131. The molecule has 1 aromatic carbocycles. The van der Waals surface area contributed by atoms with Gasteiger partial charge in [0, 0.05) is 17.8 Å². The summed E-state index contributed by atoms with van der Waals surface area (Å²) in [7, 11) is 0. The summed E-state index contributed by atoms with van der Waals surface area (Å²) in [5.74, 6) is -1.25. The van der Waals surface area contributed by atoms with E-state index in [9.17, 15) is 13.6 Å². The molecule has 18 heavy (non-hydrogen) atoms. The Bertz CT molecular complexity index is 583. The molecule has 0 aliphatic carbocycles. The van der Waals surface area contributed by atoms with Crippen molar-refractivity contribution in [3.8, 4) is 0 Å². The fourth-order valence-electron chi connectivity index (χ4n) is 1.28. The van der Waals surface area contributed by atoms with Gasteiger partial charge in [0.1, 0.15) is 5.76 Å². The molecule has 0 saturated heterocycles. The Labute approximate surface area is 101 Å². The standard InChI is InChI=1S/C11H9F2N3O2/c1-6-4-10(16-18-6)15-11(17)14-7-2-3-8(12)9(13)5-7/h2-5H,1H3,(H2,14,15,16,17). The van der Waals surface area contributed by atoms with Crippen LogP contribution < -0.4 is 10.6 Å². The second kappa shape index (κ2) is 4.82. The fraction of sp³-hybridized carbons (Fsp3) is 0.0909. The van der Waals surface area contributed by atoms with E-state index in [0.29, 0.717) is 5.76 Å². The van der Waals surface area contributed by atoms with Crippen LogP contribution in [0.3, 0.4) is 0 Å². The molecule has 2 aromatic rings. The average molecular weight is 253 g/mol. The Morgan fingerprint density at radius 2 is 2.00 bits per heavy atom. The number of anilines is 2. The molecular weight excluding hydrogens is 244 g/mol. The molecule has 2 amide bonds. The quantitative estimate of drug-likeness (QED) is 0.864. The Kier molecular flexibility index (Phi) is 3.22. The second-order valence-corrected chi connectivity index (χ2v) is 3.53. The van der Waals surface area contributed by atoms with E-state index in [1.165, 1.54) is 12.1 Å². The molecule has 0 bridgehead atoms. The van der Waals surface area contributed by atoms with Crippen molar-refractivity contribution in [2.45, 2.75) is 6.92 Å². The zero-order valence-corrected chi connectivity index (χ0v) is 9.33. The van der Waals surface area contributed by atoms with E-state index >= 15 is 0 Å². The van der Waals surface area contributed by atoms with E-state index in [1.54, 1.807) is 6.92 Å². The average Bonchev–Trinajstić information content (AvgIpc) is 2.69. The predicted octanol–water partition coefficient (Wildman–Crippen LogP) is 2.91. The minimum Gasteiger partial charge on any atom is -0.360 e. The molecule has 2 rings (SSSR count). The first kappa shape index (κ1) is 12.0. The lowest BCUT2D eigenvalue weighted by Gasteiger charge is -2.05. The number of benzene rings is 1. The summed E-state index contributed by atoms with van der Waals surface area (Å²) in [6, 6.07) is 3.93. The first-order valence-corrected chi connectivity index (χ1v) is 5.01. The molecule has 1 heterocycles. The number of aromatic nitrogens is 1. The number of carbonyl (C=O) groups excluding carboxylic acids is 1. The summed E-state index contributed by atoms with van der Waals surface area (Å²) in [6.07, 6.45) is 0. The lowest BCUT2D eigenvalue weighted by molar-refractivity contribution is 0.262. The van der Waals surface area contributed by atoms with Gasteiger partial charge in [0.05, 0.1) is 0 Å². The lowest BCUT2D eigenvalue weighted by Crippen LogP contribution is -2.19. The third-order valence-electron chi connectivity index (χ3n) is 2.05. The molecule has 7 heteroatoms. The minimum absolute atomic E-state index is 0.131. The molecule has 0 unspecified atom stereocenters.